The minimum Gasteiger partial charge on any atom is -0.490 e. The number of ether oxygens (including phenoxy) is 1. The molecule has 0 radical (unpaired) electrons. The molecule has 1 aromatic carbocycles. The Balaban J connectivity index is 2.02. The fourth-order valence-corrected chi connectivity index (χ4v) is 2.80. The van der Waals surface area contributed by atoms with Crippen LogP contribution in [0.4, 0.5) is 4.39 Å². The quantitative estimate of drug-likeness (QED) is 0.871. The standard InChI is InChI=1S/C15H21FO2/c1-3-6-15(2,10-17)9-13-8-11-7-12(16)4-5-14(11)18-13/h4-5,7,13,17H,3,6,8-10H2,1-2H3. The molecule has 1 heterocycles. The number of aliphatic hydroxyl groups excluding tert-OH is 1. The lowest BCUT2D eigenvalue weighted by molar-refractivity contribution is 0.0749. The smallest absolute Gasteiger partial charge is 0.123 e. The maximum atomic E-state index is 13.1. The predicted molar refractivity (Wildman–Crippen MR) is 69.2 cm³/mol. The van der Waals surface area contributed by atoms with E-state index >= 15 is 0 Å². The highest BCUT2D eigenvalue weighted by Gasteiger charge is 2.31. The minimum absolute atomic E-state index is 0.0606. The van der Waals surface area contributed by atoms with Gasteiger partial charge in [-0.1, -0.05) is 20.3 Å². The number of hydrogen-bond acceptors (Lipinski definition) is 2. The minimum atomic E-state index is -0.212. The van der Waals surface area contributed by atoms with Crippen LogP contribution in [0.2, 0.25) is 0 Å². The van der Waals surface area contributed by atoms with Crippen LogP contribution in [-0.4, -0.2) is 17.8 Å². The Morgan fingerprint density at radius 2 is 2.28 bits per heavy atom. The molecule has 0 saturated carbocycles. The van der Waals surface area contributed by atoms with E-state index in [1.54, 1.807) is 12.1 Å². The molecule has 0 fully saturated rings. The normalized spacial score (nSPS) is 21.2. The van der Waals surface area contributed by atoms with Gasteiger partial charge in [-0.15, -0.1) is 0 Å². The van der Waals surface area contributed by atoms with Crippen LogP contribution in [0.1, 0.15) is 38.7 Å². The number of halogens is 1. The van der Waals surface area contributed by atoms with E-state index in [1.807, 2.05) is 0 Å². The van der Waals surface area contributed by atoms with E-state index in [0.29, 0.717) is 0 Å². The van der Waals surface area contributed by atoms with Gasteiger partial charge in [0.2, 0.25) is 0 Å². The van der Waals surface area contributed by atoms with Gasteiger partial charge in [-0.25, -0.2) is 4.39 Å². The molecule has 100 valence electrons. The molecule has 1 N–H and O–H groups in total. The molecule has 2 atom stereocenters. The second-order valence-corrected chi connectivity index (χ2v) is 5.62. The number of rotatable bonds is 5. The van der Waals surface area contributed by atoms with Gasteiger partial charge < -0.3 is 9.84 Å². The SMILES string of the molecule is CCCC(C)(CO)CC1Cc2cc(F)ccc2O1. The molecule has 0 amide bonds. The maximum absolute atomic E-state index is 13.1. The molecule has 2 nitrogen and oxygen atoms in total. The Bertz CT molecular complexity index is 419. The van der Waals surface area contributed by atoms with Gasteiger partial charge in [-0.05, 0) is 36.5 Å². The van der Waals surface area contributed by atoms with E-state index in [2.05, 4.69) is 13.8 Å². The topological polar surface area (TPSA) is 29.5 Å². The Morgan fingerprint density at radius 1 is 1.50 bits per heavy atom. The number of hydrogen-bond donors (Lipinski definition) is 1. The van der Waals surface area contributed by atoms with Crippen molar-refractivity contribution in [3.63, 3.8) is 0 Å². The van der Waals surface area contributed by atoms with Gasteiger partial charge in [-0.2, -0.15) is 0 Å². The number of benzene rings is 1. The molecule has 0 bridgehead atoms. The van der Waals surface area contributed by atoms with Crippen molar-refractivity contribution in [1.82, 2.24) is 0 Å². The highest BCUT2D eigenvalue weighted by atomic mass is 19.1. The summed E-state index contributed by atoms with van der Waals surface area (Å²) in [6.45, 7) is 4.38. The Kier molecular flexibility index (Phi) is 3.91. The third-order valence-corrected chi connectivity index (χ3v) is 3.72. The molecule has 1 aliphatic heterocycles. The summed E-state index contributed by atoms with van der Waals surface area (Å²) in [5, 5.41) is 9.52. The second kappa shape index (κ2) is 5.27. The average molecular weight is 252 g/mol. The summed E-state index contributed by atoms with van der Waals surface area (Å²) in [7, 11) is 0. The van der Waals surface area contributed by atoms with Gasteiger partial charge in [0.15, 0.2) is 0 Å². The van der Waals surface area contributed by atoms with Crippen LogP contribution in [-0.2, 0) is 6.42 Å². The van der Waals surface area contributed by atoms with E-state index in [-0.39, 0.29) is 23.9 Å². The van der Waals surface area contributed by atoms with Gasteiger partial charge in [0.05, 0.1) is 0 Å². The van der Waals surface area contributed by atoms with E-state index < -0.39 is 0 Å². The van der Waals surface area contributed by atoms with Gasteiger partial charge in [0.25, 0.3) is 0 Å². The summed E-state index contributed by atoms with van der Waals surface area (Å²) in [6, 6.07) is 4.67. The summed E-state index contributed by atoms with van der Waals surface area (Å²) in [6.07, 6.45) is 3.64. The third kappa shape index (κ3) is 2.83. The van der Waals surface area contributed by atoms with Crippen LogP contribution in [0.15, 0.2) is 18.2 Å². The van der Waals surface area contributed by atoms with Crippen molar-refractivity contribution in [1.29, 1.82) is 0 Å². The van der Waals surface area contributed by atoms with Crippen molar-refractivity contribution < 1.29 is 14.2 Å². The lowest BCUT2D eigenvalue weighted by Crippen LogP contribution is -2.29. The predicted octanol–water partition coefficient (Wildman–Crippen LogP) is 3.32. The molecule has 0 saturated heterocycles. The van der Waals surface area contributed by atoms with Crippen LogP contribution < -0.4 is 4.74 Å². The lowest BCUT2D eigenvalue weighted by atomic mass is 9.80. The first-order valence-corrected chi connectivity index (χ1v) is 6.62. The van der Waals surface area contributed by atoms with Gasteiger partial charge >= 0.3 is 0 Å². The number of fused-ring (bicyclic) bond motifs is 1. The van der Waals surface area contributed by atoms with E-state index in [4.69, 9.17) is 4.74 Å². The first-order valence-electron chi connectivity index (χ1n) is 6.62. The maximum Gasteiger partial charge on any atom is 0.123 e. The van der Waals surface area contributed by atoms with E-state index in [1.165, 1.54) is 6.07 Å². The van der Waals surface area contributed by atoms with Crippen molar-refractivity contribution in [2.75, 3.05) is 6.61 Å². The monoisotopic (exact) mass is 252 g/mol. The third-order valence-electron chi connectivity index (χ3n) is 3.72. The van der Waals surface area contributed by atoms with Crippen LogP contribution in [0.3, 0.4) is 0 Å². The molecule has 0 aromatic heterocycles. The first kappa shape index (κ1) is 13.3. The van der Waals surface area contributed by atoms with Crippen molar-refractivity contribution in [3.8, 4) is 5.75 Å². The zero-order valence-electron chi connectivity index (χ0n) is 11.1. The zero-order chi connectivity index (χ0) is 13.2. The summed E-state index contributed by atoms with van der Waals surface area (Å²) < 4.78 is 18.9. The Hall–Kier alpha value is -1.09. The van der Waals surface area contributed by atoms with Crippen LogP contribution >= 0.6 is 0 Å². The first-order chi connectivity index (χ1) is 8.56. The molecule has 18 heavy (non-hydrogen) atoms. The largest absolute Gasteiger partial charge is 0.490 e. The molecular formula is C15H21FO2. The molecule has 0 spiro atoms. The lowest BCUT2D eigenvalue weighted by Gasteiger charge is -2.29. The van der Waals surface area contributed by atoms with Gasteiger partial charge in [0.1, 0.15) is 17.7 Å². The van der Waals surface area contributed by atoms with Crippen LogP contribution in [0.5, 0.6) is 5.75 Å². The molecule has 1 aromatic rings. The van der Waals surface area contributed by atoms with Gasteiger partial charge in [0, 0.05) is 18.6 Å². The zero-order valence-corrected chi connectivity index (χ0v) is 11.1. The van der Waals surface area contributed by atoms with E-state index in [0.717, 1.165) is 37.0 Å². The molecule has 2 unspecified atom stereocenters. The molecule has 1 aliphatic rings. The van der Waals surface area contributed by atoms with Crippen molar-refractivity contribution >= 4 is 0 Å². The molecular weight excluding hydrogens is 231 g/mol. The van der Waals surface area contributed by atoms with Crippen LogP contribution in [0.25, 0.3) is 0 Å². The summed E-state index contributed by atoms with van der Waals surface area (Å²) in [4.78, 5) is 0. The fourth-order valence-electron chi connectivity index (χ4n) is 2.80. The summed E-state index contributed by atoms with van der Waals surface area (Å²) >= 11 is 0. The second-order valence-electron chi connectivity index (χ2n) is 5.62. The fraction of sp³-hybridized carbons (Fsp3) is 0.600. The summed E-state index contributed by atoms with van der Waals surface area (Å²) in [5.74, 6) is 0.578. The molecule has 0 aliphatic carbocycles. The van der Waals surface area contributed by atoms with Crippen LogP contribution in [0, 0.1) is 11.2 Å². The highest BCUT2D eigenvalue weighted by molar-refractivity contribution is 5.37. The Labute approximate surface area is 108 Å². The molecule has 3 heteroatoms. The highest BCUT2D eigenvalue weighted by Crippen LogP contribution is 2.36. The van der Waals surface area contributed by atoms with E-state index in [9.17, 15) is 9.50 Å². The molecule has 2 rings (SSSR count). The van der Waals surface area contributed by atoms with Crippen molar-refractivity contribution in [2.24, 2.45) is 5.41 Å². The van der Waals surface area contributed by atoms with Crippen molar-refractivity contribution in [2.45, 2.75) is 45.6 Å². The average Bonchev–Trinajstić information content (AvgIpc) is 2.70. The van der Waals surface area contributed by atoms with Gasteiger partial charge in [-0.3, -0.25) is 0 Å². The summed E-state index contributed by atoms with van der Waals surface area (Å²) in [5.41, 5.74) is 0.844. The van der Waals surface area contributed by atoms with Crippen molar-refractivity contribution in [3.05, 3.63) is 29.6 Å². The Morgan fingerprint density at radius 3 is 2.94 bits per heavy atom. The number of aliphatic hydroxyl groups is 1.